The molecule has 0 saturated carbocycles. The van der Waals surface area contributed by atoms with Crippen molar-refractivity contribution in [1.29, 1.82) is 0 Å². The van der Waals surface area contributed by atoms with Gasteiger partial charge >= 0.3 is 0 Å². The molecule has 2 aliphatic heterocycles. The zero-order valence-electron chi connectivity index (χ0n) is 16.5. The van der Waals surface area contributed by atoms with Crippen molar-refractivity contribution >= 4 is 12.1 Å². The van der Waals surface area contributed by atoms with E-state index in [0.717, 1.165) is 26.1 Å². The summed E-state index contributed by atoms with van der Waals surface area (Å²) in [6, 6.07) is 0. The van der Waals surface area contributed by atoms with Crippen LogP contribution in [0.4, 0.5) is 0 Å². The van der Waals surface area contributed by atoms with E-state index in [9.17, 15) is 9.59 Å². The van der Waals surface area contributed by atoms with Crippen molar-refractivity contribution in [3.8, 4) is 0 Å². The van der Waals surface area contributed by atoms with Crippen molar-refractivity contribution in [1.82, 2.24) is 10.2 Å². The number of aromatic nitrogens is 2. The number of Topliss-reactive ketones (excluding diaryl/α,β-unsaturated/α-hetero) is 1. The third-order valence-electron chi connectivity index (χ3n) is 4.19. The van der Waals surface area contributed by atoms with Crippen LogP contribution in [0.2, 0.25) is 0 Å². The maximum Gasteiger partial charge on any atom is 0.148 e. The average molecular weight is 386 g/mol. The number of carbonyl (C=O) groups excluding carboxylic acids is 2. The van der Waals surface area contributed by atoms with Gasteiger partial charge in [-0.1, -0.05) is 0 Å². The van der Waals surface area contributed by atoms with E-state index in [1.807, 2.05) is 6.20 Å². The topological polar surface area (TPSA) is 154 Å². The van der Waals surface area contributed by atoms with Crippen LogP contribution in [-0.4, -0.2) is 60.4 Å². The number of nitrogens with two attached hydrogens (primary N) is 2. The summed E-state index contributed by atoms with van der Waals surface area (Å²) in [5.41, 5.74) is 2.50. The molecule has 6 N–H and O–H groups in total. The summed E-state index contributed by atoms with van der Waals surface area (Å²) in [6.07, 6.45) is 4.47. The molecule has 3 unspecified atom stereocenters. The molecule has 9 heteroatoms. The molecule has 0 bridgehead atoms. The van der Waals surface area contributed by atoms with Gasteiger partial charge in [-0.15, -0.1) is 0 Å². The fourth-order valence-corrected chi connectivity index (χ4v) is 2.73. The van der Waals surface area contributed by atoms with Gasteiger partial charge in [0.05, 0.1) is 25.3 Å². The smallest absolute Gasteiger partial charge is 0.148 e. The number of H-pyrrole nitrogens is 1. The summed E-state index contributed by atoms with van der Waals surface area (Å²) >= 11 is 0. The Kier molecular flexibility index (Phi) is 14.5. The molecule has 2 fully saturated rings. The van der Waals surface area contributed by atoms with Crippen molar-refractivity contribution in [2.45, 2.75) is 39.5 Å². The molecule has 0 spiro atoms. The molecule has 1 aromatic rings. The number of aliphatic hydroxyl groups excluding tert-OH is 1. The summed E-state index contributed by atoms with van der Waals surface area (Å²) in [5, 5.41) is 14.6. The Bertz CT molecular complexity index is 512. The highest BCUT2D eigenvalue weighted by Gasteiger charge is 2.26. The fourth-order valence-electron chi connectivity index (χ4n) is 2.73. The molecular weight excluding hydrogens is 352 g/mol. The molecule has 156 valence electrons. The highest BCUT2D eigenvalue weighted by Crippen LogP contribution is 2.25. The molecule has 1 aromatic heterocycles. The number of nitrogens with zero attached hydrogens (tertiary/aromatic N) is 1. The van der Waals surface area contributed by atoms with Crippen molar-refractivity contribution in [2.24, 2.45) is 23.5 Å². The Morgan fingerprint density at radius 3 is 2.37 bits per heavy atom. The number of ether oxygens (including phenoxy) is 2. The molecule has 3 heterocycles. The number of rotatable bonds is 4. The number of hydrogen-bond acceptors (Lipinski definition) is 8. The summed E-state index contributed by atoms with van der Waals surface area (Å²) < 4.78 is 10.3. The molecule has 0 aromatic carbocycles. The van der Waals surface area contributed by atoms with Crippen LogP contribution in [0, 0.1) is 18.8 Å². The summed E-state index contributed by atoms with van der Waals surface area (Å²) in [5.74, 6) is 8.09. The van der Waals surface area contributed by atoms with Gasteiger partial charge in [-0.25, -0.2) is 0 Å². The molecular formula is C18H34N4O5. The second-order valence-electron chi connectivity index (χ2n) is 6.23. The highest BCUT2D eigenvalue weighted by atomic mass is 16.5. The zero-order chi connectivity index (χ0) is 20.7. The molecule has 2 aliphatic rings. The van der Waals surface area contributed by atoms with Crippen LogP contribution >= 0.6 is 0 Å². The normalized spacial score (nSPS) is 21.6. The van der Waals surface area contributed by atoms with Crippen LogP contribution < -0.4 is 11.7 Å². The monoisotopic (exact) mass is 386 g/mol. The average Bonchev–Trinajstić information content (AvgIpc) is 3.45. The van der Waals surface area contributed by atoms with Crippen molar-refractivity contribution in [2.75, 3.05) is 33.0 Å². The Morgan fingerprint density at radius 2 is 1.96 bits per heavy atom. The Hall–Kier alpha value is -1.65. The largest absolute Gasteiger partial charge is 0.397 e. The van der Waals surface area contributed by atoms with Gasteiger partial charge in [0.1, 0.15) is 12.1 Å². The standard InChI is InChI=1S/C8H12N2O.C8H12O3.C2H6O.H4N2/c1-6-4-9-10-8(6)7-2-3-11-5-7;1-6(4-9)8(10)7-2-3-11-5-7;1-2-3;1-2/h4,7H,2-3,5H2,1H3,(H,9,10);4,6-7H,2-3,5H2,1H3;3H,2H2,1H3;1-2H2. The van der Waals surface area contributed by atoms with Crippen LogP contribution in [0.25, 0.3) is 0 Å². The van der Waals surface area contributed by atoms with Gasteiger partial charge < -0.3 is 19.4 Å². The first-order chi connectivity index (χ1) is 13.0. The van der Waals surface area contributed by atoms with E-state index in [1.54, 1.807) is 13.8 Å². The summed E-state index contributed by atoms with van der Waals surface area (Å²) in [4.78, 5) is 21.5. The number of nitrogens with one attached hydrogen (secondary N) is 1. The molecule has 3 atom stereocenters. The molecule has 9 nitrogen and oxygen atoms in total. The van der Waals surface area contributed by atoms with Crippen molar-refractivity contribution in [3.05, 3.63) is 17.5 Å². The van der Waals surface area contributed by atoms with E-state index < -0.39 is 5.92 Å². The number of aromatic amines is 1. The van der Waals surface area contributed by atoms with Crippen LogP contribution in [0.1, 0.15) is 43.9 Å². The Balaban J connectivity index is 0.000000406. The zero-order valence-corrected chi connectivity index (χ0v) is 16.5. The van der Waals surface area contributed by atoms with E-state index in [4.69, 9.17) is 14.6 Å². The first kappa shape index (κ1) is 25.4. The number of aryl methyl sites for hydroxylation is 1. The summed E-state index contributed by atoms with van der Waals surface area (Å²) in [6.45, 7) is 8.54. The minimum atomic E-state index is -0.457. The number of aldehydes is 1. The predicted molar refractivity (Wildman–Crippen MR) is 102 cm³/mol. The lowest BCUT2D eigenvalue weighted by Gasteiger charge is -2.07. The lowest BCUT2D eigenvalue weighted by molar-refractivity contribution is -0.129. The molecule has 2 saturated heterocycles. The fraction of sp³-hybridized carbons (Fsp3) is 0.722. The highest BCUT2D eigenvalue weighted by molar-refractivity contribution is 5.94. The number of aliphatic hydroxyl groups is 1. The molecule has 3 rings (SSSR count). The van der Waals surface area contributed by atoms with E-state index in [1.165, 1.54) is 11.3 Å². The first-order valence-corrected chi connectivity index (χ1v) is 9.13. The molecule has 0 radical (unpaired) electrons. The number of hydrazine groups is 1. The number of ketones is 1. The Labute approximate surface area is 160 Å². The lowest BCUT2D eigenvalue weighted by Crippen LogP contribution is -2.22. The molecule has 0 amide bonds. The van der Waals surface area contributed by atoms with Gasteiger partial charge in [-0.2, -0.15) is 5.10 Å². The predicted octanol–water partition coefficient (Wildman–Crippen LogP) is 0.466. The van der Waals surface area contributed by atoms with Crippen LogP contribution in [0.15, 0.2) is 6.20 Å². The number of hydrogen-bond donors (Lipinski definition) is 4. The van der Waals surface area contributed by atoms with Crippen molar-refractivity contribution in [3.63, 3.8) is 0 Å². The first-order valence-electron chi connectivity index (χ1n) is 9.13. The maximum absolute atomic E-state index is 11.3. The summed E-state index contributed by atoms with van der Waals surface area (Å²) in [7, 11) is 0. The van der Waals surface area contributed by atoms with E-state index in [0.29, 0.717) is 25.4 Å². The van der Waals surface area contributed by atoms with Crippen molar-refractivity contribution < 1.29 is 24.2 Å². The van der Waals surface area contributed by atoms with Crippen LogP contribution in [-0.2, 0) is 19.1 Å². The Morgan fingerprint density at radius 1 is 1.37 bits per heavy atom. The van der Waals surface area contributed by atoms with Crippen LogP contribution in [0.5, 0.6) is 0 Å². The van der Waals surface area contributed by atoms with E-state index >= 15 is 0 Å². The van der Waals surface area contributed by atoms with Gasteiger partial charge in [0.25, 0.3) is 0 Å². The lowest BCUT2D eigenvalue weighted by atomic mass is 9.95. The third-order valence-corrected chi connectivity index (χ3v) is 4.19. The van der Waals surface area contributed by atoms with Gasteiger partial charge in [-0.3, -0.25) is 21.6 Å². The quantitative estimate of drug-likeness (QED) is 0.252. The van der Waals surface area contributed by atoms with E-state index in [-0.39, 0.29) is 18.3 Å². The van der Waals surface area contributed by atoms with E-state index in [2.05, 4.69) is 28.8 Å². The molecule has 27 heavy (non-hydrogen) atoms. The molecule has 0 aliphatic carbocycles. The minimum Gasteiger partial charge on any atom is -0.397 e. The second kappa shape index (κ2) is 15.4. The minimum absolute atomic E-state index is 0.0255. The van der Waals surface area contributed by atoms with Gasteiger partial charge in [0, 0.05) is 37.4 Å². The van der Waals surface area contributed by atoms with Gasteiger partial charge in [-0.05, 0) is 39.2 Å². The van der Waals surface area contributed by atoms with Gasteiger partial charge in [0.2, 0.25) is 0 Å². The maximum atomic E-state index is 11.3. The SMILES string of the molecule is CC(C=O)C(=O)C1CCOC1.CCO.Cc1cn[nH]c1C1CCOC1.NN. The third kappa shape index (κ3) is 9.21. The van der Waals surface area contributed by atoms with Crippen LogP contribution in [0.3, 0.4) is 0 Å². The second-order valence-corrected chi connectivity index (χ2v) is 6.23. The van der Waals surface area contributed by atoms with Gasteiger partial charge in [0.15, 0.2) is 0 Å². The number of carbonyl (C=O) groups is 2.